The molecule has 6 nitrogen and oxygen atoms in total. The summed E-state index contributed by atoms with van der Waals surface area (Å²) in [5.41, 5.74) is 1.03. The van der Waals surface area contributed by atoms with Crippen LogP contribution in [-0.2, 0) is 11.3 Å². The van der Waals surface area contributed by atoms with Crippen LogP contribution in [0.1, 0.15) is 5.56 Å². The Balaban J connectivity index is 1.37. The second-order valence-corrected chi connectivity index (χ2v) is 6.27. The van der Waals surface area contributed by atoms with Gasteiger partial charge in [0.25, 0.3) is 0 Å². The highest BCUT2D eigenvalue weighted by molar-refractivity contribution is 5.44. The van der Waals surface area contributed by atoms with Crippen LogP contribution in [0.2, 0.25) is 0 Å². The van der Waals surface area contributed by atoms with Crippen molar-refractivity contribution in [1.29, 1.82) is 0 Å². The van der Waals surface area contributed by atoms with Gasteiger partial charge in [-0.05, 0) is 17.7 Å². The number of hydrogen-bond acceptors (Lipinski definition) is 4. The predicted octanol–water partition coefficient (Wildman–Crippen LogP) is -2.29. The molecule has 0 saturated carbocycles. The molecule has 122 valence electrons. The van der Waals surface area contributed by atoms with Gasteiger partial charge < -0.3 is 29.1 Å². The molecular formula is C16H26N2O4+2. The summed E-state index contributed by atoms with van der Waals surface area (Å²) in [6, 6.07) is 5.80. The molecule has 0 unspecified atom stereocenters. The maximum atomic E-state index is 10.1. The Labute approximate surface area is 131 Å². The Morgan fingerprint density at radius 2 is 1.95 bits per heavy atom. The van der Waals surface area contributed by atoms with Gasteiger partial charge in [-0.1, -0.05) is 6.07 Å². The molecule has 0 aliphatic carbocycles. The van der Waals surface area contributed by atoms with E-state index in [1.807, 2.05) is 18.2 Å². The van der Waals surface area contributed by atoms with E-state index in [9.17, 15) is 5.11 Å². The van der Waals surface area contributed by atoms with E-state index in [0.29, 0.717) is 13.2 Å². The van der Waals surface area contributed by atoms with Crippen LogP contribution in [0.4, 0.5) is 0 Å². The molecule has 3 rings (SSSR count). The van der Waals surface area contributed by atoms with Crippen molar-refractivity contribution in [2.75, 3.05) is 53.2 Å². The first-order valence-corrected chi connectivity index (χ1v) is 8.00. The van der Waals surface area contributed by atoms with Crippen LogP contribution in [0.5, 0.6) is 11.5 Å². The fourth-order valence-electron chi connectivity index (χ4n) is 2.97. The third kappa shape index (κ3) is 4.10. The number of rotatable bonds is 6. The number of benzene rings is 1. The van der Waals surface area contributed by atoms with Crippen LogP contribution in [-0.4, -0.2) is 64.4 Å². The lowest BCUT2D eigenvalue weighted by molar-refractivity contribution is -1.00. The number of aliphatic hydroxyl groups excluding tert-OH is 1. The third-order valence-corrected chi connectivity index (χ3v) is 4.35. The largest absolute Gasteiger partial charge is 0.454 e. The quantitative estimate of drug-likeness (QED) is 0.553. The van der Waals surface area contributed by atoms with E-state index < -0.39 is 6.10 Å². The van der Waals surface area contributed by atoms with Gasteiger partial charge in [-0.25, -0.2) is 0 Å². The minimum absolute atomic E-state index is 0.286. The highest BCUT2D eigenvalue weighted by atomic mass is 16.7. The number of nitrogens with one attached hydrogen (secondary N) is 2. The summed E-state index contributed by atoms with van der Waals surface area (Å²) in [5, 5.41) is 10.1. The first-order valence-electron chi connectivity index (χ1n) is 8.00. The van der Waals surface area contributed by atoms with Gasteiger partial charge in [0, 0.05) is 0 Å². The summed E-state index contributed by atoms with van der Waals surface area (Å²) in [6.07, 6.45) is -0.401. The maximum Gasteiger partial charge on any atom is 0.231 e. The summed E-state index contributed by atoms with van der Waals surface area (Å²) in [7, 11) is 2.22. The van der Waals surface area contributed by atoms with Crippen LogP contribution < -0.4 is 19.3 Å². The number of ether oxygens (including phenoxy) is 3. The van der Waals surface area contributed by atoms with Crippen molar-refractivity contribution < 1.29 is 29.1 Å². The van der Waals surface area contributed by atoms with E-state index in [1.54, 1.807) is 4.90 Å². The number of fused-ring (bicyclic) bond motifs is 1. The molecule has 0 bridgehead atoms. The Kier molecular flexibility index (Phi) is 5.15. The van der Waals surface area contributed by atoms with Gasteiger partial charge >= 0.3 is 0 Å². The van der Waals surface area contributed by atoms with Gasteiger partial charge in [-0.2, -0.15) is 0 Å². The molecule has 2 heterocycles. The molecule has 3 N–H and O–H groups in total. The van der Waals surface area contributed by atoms with Crippen LogP contribution in [0.15, 0.2) is 18.2 Å². The lowest BCUT2D eigenvalue weighted by Crippen LogP contribution is -3.27. The van der Waals surface area contributed by atoms with Gasteiger partial charge in [0.1, 0.15) is 38.8 Å². The molecule has 6 heteroatoms. The van der Waals surface area contributed by atoms with Crippen LogP contribution in [0, 0.1) is 0 Å². The van der Waals surface area contributed by atoms with E-state index in [4.69, 9.17) is 14.2 Å². The maximum absolute atomic E-state index is 10.1. The molecule has 2 aliphatic heterocycles. The Morgan fingerprint density at radius 1 is 1.18 bits per heavy atom. The Hall–Kier alpha value is -1.34. The SMILES string of the molecule is C[NH+]1CC[NH+](C[C@H](O)COCc2ccc3c(c2)OCO3)CC1. The minimum Gasteiger partial charge on any atom is -0.454 e. The Morgan fingerprint density at radius 3 is 2.77 bits per heavy atom. The molecule has 0 aromatic heterocycles. The predicted molar refractivity (Wildman–Crippen MR) is 80.4 cm³/mol. The van der Waals surface area contributed by atoms with Crippen molar-refractivity contribution in [1.82, 2.24) is 0 Å². The number of quaternary nitrogens is 2. The van der Waals surface area contributed by atoms with Crippen LogP contribution in [0.3, 0.4) is 0 Å². The molecule has 0 amide bonds. The fourth-order valence-corrected chi connectivity index (χ4v) is 2.97. The van der Waals surface area contributed by atoms with E-state index in [0.717, 1.165) is 36.7 Å². The van der Waals surface area contributed by atoms with Crippen molar-refractivity contribution in [3.63, 3.8) is 0 Å². The topological polar surface area (TPSA) is 56.8 Å². The lowest BCUT2D eigenvalue weighted by atomic mass is 10.2. The highest BCUT2D eigenvalue weighted by Crippen LogP contribution is 2.32. The average Bonchev–Trinajstić information content (AvgIpc) is 2.97. The van der Waals surface area contributed by atoms with E-state index >= 15 is 0 Å². The monoisotopic (exact) mass is 310 g/mol. The van der Waals surface area contributed by atoms with Gasteiger partial charge in [0.2, 0.25) is 6.79 Å². The van der Waals surface area contributed by atoms with Gasteiger partial charge in [-0.15, -0.1) is 0 Å². The standard InChI is InChI=1S/C16H24N2O4/c1-17-4-6-18(7-5-17)9-14(19)11-20-10-13-2-3-15-16(8-13)22-12-21-15/h2-3,8,14,19H,4-7,9-12H2,1H3/p+2/t14-/m0/s1. The minimum atomic E-state index is -0.401. The number of aliphatic hydroxyl groups is 1. The van der Waals surface area contributed by atoms with Gasteiger partial charge in [0.15, 0.2) is 11.5 Å². The van der Waals surface area contributed by atoms with E-state index in [2.05, 4.69) is 7.05 Å². The van der Waals surface area contributed by atoms with Crippen molar-refractivity contribution in [2.24, 2.45) is 0 Å². The first kappa shape index (κ1) is 15.6. The molecule has 1 atom stereocenters. The molecule has 2 aliphatic rings. The molecule has 1 aromatic rings. The van der Waals surface area contributed by atoms with Crippen molar-refractivity contribution in [3.8, 4) is 11.5 Å². The molecule has 0 spiro atoms. The zero-order valence-corrected chi connectivity index (χ0v) is 13.1. The normalized spacial score (nSPS) is 25.2. The second kappa shape index (κ2) is 7.28. The van der Waals surface area contributed by atoms with E-state index in [-0.39, 0.29) is 6.79 Å². The zero-order valence-electron chi connectivity index (χ0n) is 13.1. The summed E-state index contributed by atoms with van der Waals surface area (Å²) < 4.78 is 16.3. The molecule has 1 fully saturated rings. The highest BCUT2D eigenvalue weighted by Gasteiger charge is 2.22. The average molecular weight is 310 g/mol. The lowest BCUT2D eigenvalue weighted by Gasteiger charge is -2.28. The molecule has 0 radical (unpaired) electrons. The number of piperazine rings is 1. The van der Waals surface area contributed by atoms with Crippen molar-refractivity contribution >= 4 is 0 Å². The molecule has 1 aromatic carbocycles. The van der Waals surface area contributed by atoms with Crippen molar-refractivity contribution in [2.45, 2.75) is 12.7 Å². The summed E-state index contributed by atoms with van der Waals surface area (Å²) >= 11 is 0. The van der Waals surface area contributed by atoms with Gasteiger partial charge in [-0.3, -0.25) is 0 Å². The number of likely N-dealkylation sites (N-methyl/N-ethyl adjacent to an activating group) is 1. The molecule has 1 saturated heterocycles. The third-order valence-electron chi connectivity index (χ3n) is 4.35. The molecule has 22 heavy (non-hydrogen) atoms. The van der Waals surface area contributed by atoms with Crippen LogP contribution >= 0.6 is 0 Å². The zero-order chi connectivity index (χ0) is 15.4. The second-order valence-electron chi connectivity index (χ2n) is 6.27. The van der Waals surface area contributed by atoms with Crippen LogP contribution in [0.25, 0.3) is 0 Å². The Bertz CT molecular complexity index is 489. The fraction of sp³-hybridized carbons (Fsp3) is 0.625. The summed E-state index contributed by atoms with van der Waals surface area (Å²) in [4.78, 5) is 3.06. The first-order chi connectivity index (χ1) is 10.7. The van der Waals surface area contributed by atoms with E-state index in [1.165, 1.54) is 18.0 Å². The smallest absolute Gasteiger partial charge is 0.231 e. The number of hydrogen-bond donors (Lipinski definition) is 3. The molecular weight excluding hydrogens is 284 g/mol. The van der Waals surface area contributed by atoms with Gasteiger partial charge in [0.05, 0.1) is 20.3 Å². The summed E-state index contributed by atoms with van der Waals surface area (Å²) in [6.45, 7) is 6.54. The van der Waals surface area contributed by atoms with Crippen molar-refractivity contribution in [3.05, 3.63) is 23.8 Å². The summed E-state index contributed by atoms with van der Waals surface area (Å²) in [5.74, 6) is 1.55.